The van der Waals surface area contributed by atoms with Gasteiger partial charge in [0.15, 0.2) is 0 Å². The number of benzene rings is 6. The molecule has 6 aromatic carbocycles. The van der Waals surface area contributed by atoms with E-state index in [-0.39, 0.29) is 0 Å². The summed E-state index contributed by atoms with van der Waals surface area (Å²) in [6.45, 7) is 0. The maximum absolute atomic E-state index is 2.44. The molecule has 0 radical (unpaired) electrons. The van der Waals surface area contributed by atoms with E-state index in [1.807, 2.05) is 0 Å². The molecule has 3 heteroatoms. The average molecular weight is 512 g/mol. The lowest BCUT2D eigenvalue weighted by Crippen LogP contribution is -2.01. The summed E-state index contributed by atoms with van der Waals surface area (Å²) in [4.78, 5) is 0. The third-order valence-corrected chi connectivity index (χ3v) is 8.63. The Labute approximate surface area is 230 Å². The van der Waals surface area contributed by atoms with Gasteiger partial charge in [-0.15, -0.1) is 0 Å². The number of nitrogens with zero attached hydrogens (tertiary/aromatic N) is 3. The van der Waals surface area contributed by atoms with E-state index >= 15 is 0 Å². The van der Waals surface area contributed by atoms with Gasteiger partial charge in [-0.1, -0.05) is 97.1 Å². The first-order valence-corrected chi connectivity index (χ1v) is 13.8. The third kappa shape index (κ3) is 2.69. The van der Waals surface area contributed by atoms with E-state index in [2.05, 4.69) is 154 Å². The molecular formula is C37H25N3. The van der Waals surface area contributed by atoms with Crippen LogP contribution in [0.4, 0.5) is 0 Å². The van der Waals surface area contributed by atoms with Gasteiger partial charge in [-0.05, 0) is 36.4 Å². The normalized spacial score (nSPS) is 12.1. The van der Waals surface area contributed by atoms with E-state index in [4.69, 9.17) is 0 Å². The lowest BCUT2D eigenvalue weighted by molar-refractivity contribution is 0.992. The summed E-state index contributed by atoms with van der Waals surface area (Å²) in [6.07, 6.45) is 0. The van der Waals surface area contributed by atoms with Crippen molar-refractivity contribution < 1.29 is 0 Å². The highest BCUT2D eigenvalue weighted by Gasteiger charge is 2.21. The summed E-state index contributed by atoms with van der Waals surface area (Å²) in [5.41, 5.74) is 9.76. The smallest absolute Gasteiger partial charge is 0.0734 e. The number of aromatic nitrogens is 3. The fourth-order valence-corrected chi connectivity index (χ4v) is 7.04. The lowest BCUT2D eigenvalue weighted by Gasteiger charge is -2.13. The van der Waals surface area contributed by atoms with E-state index in [0.29, 0.717) is 0 Å². The van der Waals surface area contributed by atoms with Gasteiger partial charge >= 0.3 is 0 Å². The molecule has 0 atom stereocenters. The van der Waals surface area contributed by atoms with E-state index in [1.54, 1.807) is 0 Å². The molecule has 9 aromatic rings. The second-order valence-corrected chi connectivity index (χ2v) is 10.6. The van der Waals surface area contributed by atoms with Gasteiger partial charge in [-0.25, -0.2) is 0 Å². The first-order valence-electron chi connectivity index (χ1n) is 13.8. The van der Waals surface area contributed by atoms with Crippen molar-refractivity contribution in [2.24, 2.45) is 7.05 Å². The Morgan fingerprint density at radius 1 is 0.325 bits per heavy atom. The lowest BCUT2D eigenvalue weighted by atomic mass is 10.1. The van der Waals surface area contributed by atoms with Crippen LogP contribution in [0.25, 0.3) is 76.8 Å². The van der Waals surface area contributed by atoms with Crippen LogP contribution >= 0.6 is 0 Å². The van der Waals surface area contributed by atoms with Gasteiger partial charge in [-0.2, -0.15) is 0 Å². The van der Waals surface area contributed by atoms with Crippen LogP contribution in [-0.2, 0) is 7.05 Å². The van der Waals surface area contributed by atoms with Crippen molar-refractivity contribution in [3.8, 4) is 11.4 Å². The molecule has 0 bridgehead atoms. The van der Waals surface area contributed by atoms with Gasteiger partial charge in [0, 0.05) is 39.4 Å². The molecule has 0 aliphatic rings. The molecule has 188 valence electrons. The monoisotopic (exact) mass is 511 g/mol. The van der Waals surface area contributed by atoms with Gasteiger partial charge in [-0.3, -0.25) is 0 Å². The van der Waals surface area contributed by atoms with Crippen LogP contribution in [0, 0.1) is 0 Å². The van der Waals surface area contributed by atoms with Crippen LogP contribution in [0.5, 0.6) is 0 Å². The highest BCUT2D eigenvalue weighted by molar-refractivity contribution is 6.17. The van der Waals surface area contributed by atoms with Crippen LogP contribution in [0.3, 0.4) is 0 Å². The van der Waals surface area contributed by atoms with Crippen molar-refractivity contribution in [1.82, 2.24) is 13.7 Å². The zero-order valence-corrected chi connectivity index (χ0v) is 22.0. The van der Waals surface area contributed by atoms with Crippen molar-refractivity contribution in [2.75, 3.05) is 0 Å². The molecule has 0 saturated heterocycles. The zero-order valence-electron chi connectivity index (χ0n) is 22.0. The minimum atomic E-state index is 1.20. The molecule has 3 heterocycles. The fourth-order valence-electron chi connectivity index (χ4n) is 7.04. The maximum atomic E-state index is 2.44. The van der Waals surface area contributed by atoms with Crippen LogP contribution in [0.1, 0.15) is 0 Å². The molecule has 0 aliphatic carbocycles. The molecule has 0 fully saturated rings. The molecule has 0 saturated carbocycles. The Morgan fingerprint density at radius 2 is 0.625 bits per heavy atom. The summed E-state index contributed by atoms with van der Waals surface area (Å²) in [6, 6.07) is 48.4. The quantitative estimate of drug-likeness (QED) is 0.219. The molecular weight excluding hydrogens is 486 g/mol. The number of para-hydroxylation sites is 6. The number of hydrogen-bond acceptors (Lipinski definition) is 0. The predicted octanol–water partition coefficient (Wildman–Crippen LogP) is 9.53. The Bertz CT molecular complexity index is 2170. The van der Waals surface area contributed by atoms with Crippen LogP contribution in [0.15, 0.2) is 133 Å². The second-order valence-electron chi connectivity index (χ2n) is 10.6. The molecule has 0 aliphatic heterocycles. The first-order chi connectivity index (χ1) is 19.8. The minimum Gasteiger partial charge on any atom is -0.340 e. The third-order valence-electron chi connectivity index (χ3n) is 8.63. The average Bonchev–Trinajstić information content (AvgIpc) is 3.63. The van der Waals surface area contributed by atoms with Crippen LogP contribution in [-0.4, -0.2) is 13.7 Å². The summed E-state index contributed by atoms with van der Waals surface area (Å²) < 4.78 is 7.28. The Kier molecular flexibility index (Phi) is 4.26. The van der Waals surface area contributed by atoms with E-state index in [0.717, 1.165) is 0 Å². The highest BCUT2D eigenvalue weighted by atomic mass is 15.1. The van der Waals surface area contributed by atoms with Crippen molar-refractivity contribution >= 4 is 65.4 Å². The van der Waals surface area contributed by atoms with Crippen molar-refractivity contribution in [2.45, 2.75) is 0 Å². The minimum absolute atomic E-state index is 1.20. The van der Waals surface area contributed by atoms with E-state index < -0.39 is 0 Å². The van der Waals surface area contributed by atoms with Crippen molar-refractivity contribution in [3.05, 3.63) is 133 Å². The molecule has 40 heavy (non-hydrogen) atoms. The Balaban J connectivity index is 1.44. The van der Waals surface area contributed by atoms with Crippen LogP contribution < -0.4 is 0 Å². The van der Waals surface area contributed by atoms with Gasteiger partial charge in [0.1, 0.15) is 0 Å². The number of fused-ring (bicyclic) bond motifs is 9. The second kappa shape index (κ2) is 7.87. The molecule has 0 spiro atoms. The van der Waals surface area contributed by atoms with Crippen LogP contribution in [0.2, 0.25) is 0 Å². The molecule has 3 aromatic heterocycles. The van der Waals surface area contributed by atoms with E-state index in [9.17, 15) is 0 Å². The number of rotatable bonds is 2. The first kappa shape index (κ1) is 21.6. The highest BCUT2D eigenvalue weighted by Crippen LogP contribution is 2.41. The van der Waals surface area contributed by atoms with E-state index in [1.165, 1.54) is 76.8 Å². The molecule has 3 nitrogen and oxygen atoms in total. The SMILES string of the molecule is Cn1c2c(-n3c4ccccc4c4ccccc43)cccc2c2cccc(-n3c4ccccc4c4ccccc43)c21. The Hall–Kier alpha value is -5.28. The number of aryl methyl sites for hydroxylation is 1. The topological polar surface area (TPSA) is 14.8 Å². The molecule has 0 unspecified atom stereocenters. The molecule has 9 rings (SSSR count). The maximum Gasteiger partial charge on any atom is 0.0734 e. The van der Waals surface area contributed by atoms with Gasteiger partial charge in [0.2, 0.25) is 0 Å². The van der Waals surface area contributed by atoms with Gasteiger partial charge < -0.3 is 13.7 Å². The summed E-state index contributed by atoms with van der Waals surface area (Å²) in [5, 5.41) is 7.64. The number of hydrogen-bond donors (Lipinski definition) is 0. The van der Waals surface area contributed by atoms with Gasteiger partial charge in [0.05, 0.1) is 44.5 Å². The summed E-state index contributed by atoms with van der Waals surface area (Å²) in [7, 11) is 2.22. The summed E-state index contributed by atoms with van der Waals surface area (Å²) >= 11 is 0. The van der Waals surface area contributed by atoms with Crippen molar-refractivity contribution in [1.29, 1.82) is 0 Å². The molecule has 0 amide bonds. The predicted molar refractivity (Wildman–Crippen MR) is 169 cm³/mol. The largest absolute Gasteiger partial charge is 0.340 e. The standard InChI is InChI=1S/C37H25N3/c1-38-36-28(16-10-22-34(36)39-30-18-6-2-12-24(30)25-13-3-7-19-31(25)39)29-17-11-23-35(37(29)38)40-32-20-8-4-14-26(32)27-15-5-9-21-33(27)40/h2-23H,1H3. The molecule has 0 N–H and O–H groups in total. The fraction of sp³-hybridized carbons (Fsp3) is 0.0270. The Morgan fingerprint density at radius 3 is 0.975 bits per heavy atom. The van der Waals surface area contributed by atoms with Gasteiger partial charge in [0.25, 0.3) is 0 Å². The zero-order chi connectivity index (χ0) is 26.4. The summed E-state index contributed by atoms with van der Waals surface area (Å²) in [5.74, 6) is 0. The van der Waals surface area contributed by atoms with Crippen molar-refractivity contribution in [3.63, 3.8) is 0 Å².